The summed E-state index contributed by atoms with van der Waals surface area (Å²) < 4.78 is 5.30. The summed E-state index contributed by atoms with van der Waals surface area (Å²) in [5.41, 5.74) is 7.85. The molecule has 0 saturated heterocycles. The molecule has 0 saturated carbocycles. The van der Waals surface area contributed by atoms with E-state index in [1.54, 1.807) is 13.3 Å². The molecule has 20 heavy (non-hydrogen) atoms. The van der Waals surface area contributed by atoms with E-state index in [4.69, 9.17) is 34.3 Å². The van der Waals surface area contributed by atoms with Crippen LogP contribution in [0.1, 0.15) is 11.3 Å². The Morgan fingerprint density at radius 1 is 1.40 bits per heavy atom. The van der Waals surface area contributed by atoms with E-state index >= 15 is 0 Å². The largest absolute Gasteiger partial charge is 0.496 e. The highest BCUT2D eigenvalue weighted by Crippen LogP contribution is 2.27. The number of halogens is 1. The lowest BCUT2D eigenvalue weighted by Gasteiger charge is -2.13. The predicted molar refractivity (Wildman–Crippen MR) is 85.5 cm³/mol. The van der Waals surface area contributed by atoms with Crippen LogP contribution in [-0.2, 0) is 6.54 Å². The van der Waals surface area contributed by atoms with Gasteiger partial charge >= 0.3 is 0 Å². The lowest BCUT2D eigenvalue weighted by atomic mass is 10.2. The van der Waals surface area contributed by atoms with E-state index in [1.807, 2.05) is 30.3 Å². The highest BCUT2D eigenvalue weighted by atomic mass is 35.5. The molecule has 2 aromatic rings. The molecular weight excluding hydrogens is 294 g/mol. The lowest BCUT2D eigenvalue weighted by Crippen LogP contribution is -2.15. The molecule has 0 radical (unpaired) electrons. The van der Waals surface area contributed by atoms with Gasteiger partial charge in [0.25, 0.3) is 0 Å². The molecule has 0 bridgehead atoms. The van der Waals surface area contributed by atoms with Crippen molar-refractivity contribution in [1.29, 1.82) is 0 Å². The van der Waals surface area contributed by atoms with Crippen molar-refractivity contribution in [3.8, 4) is 5.75 Å². The Kier molecular flexibility index (Phi) is 4.76. The maximum atomic E-state index is 6.19. The quantitative estimate of drug-likeness (QED) is 0.832. The molecule has 0 aliphatic carbocycles. The summed E-state index contributed by atoms with van der Waals surface area (Å²) in [6.45, 7) is 0.490. The maximum Gasteiger partial charge on any atom is 0.125 e. The molecule has 0 unspecified atom stereocenters. The number of ether oxygens (including phenoxy) is 1. The van der Waals surface area contributed by atoms with Gasteiger partial charge in [-0.25, -0.2) is 0 Å². The van der Waals surface area contributed by atoms with Crippen LogP contribution >= 0.6 is 23.8 Å². The molecule has 1 aromatic heterocycles. The smallest absolute Gasteiger partial charge is 0.125 e. The van der Waals surface area contributed by atoms with Gasteiger partial charge in [-0.1, -0.05) is 29.9 Å². The molecule has 0 aliphatic heterocycles. The number of nitrogens with one attached hydrogen (secondary N) is 1. The van der Waals surface area contributed by atoms with Gasteiger partial charge in [-0.15, -0.1) is 0 Å². The zero-order valence-corrected chi connectivity index (χ0v) is 12.5. The Hall–Kier alpha value is -1.85. The summed E-state index contributed by atoms with van der Waals surface area (Å²) in [5, 5.41) is 3.87. The van der Waals surface area contributed by atoms with Crippen molar-refractivity contribution in [2.75, 3.05) is 12.4 Å². The Morgan fingerprint density at radius 3 is 2.90 bits per heavy atom. The van der Waals surface area contributed by atoms with Gasteiger partial charge in [-0.3, -0.25) is 4.98 Å². The normalized spacial score (nSPS) is 10.1. The minimum Gasteiger partial charge on any atom is -0.496 e. The number of hydrogen-bond acceptors (Lipinski definition) is 4. The second kappa shape index (κ2) is 6.54. The molecular formula is C14H14ClN3OS. The third-order valence-corrected chi connectivity index (χ3v) is 3.34. The zero-order chi connectivity index (χ0) is 14.5. The van der Waals surface area contributed by atoms with E-state index in [1.165, 1.54) is 0 Å². The molecule has 0 aliphatic rings. The molecule has 104 valence electrons. The van der Waals surface area contributed by atoms with E-state index < -0.39 is 0 Å². The number of pyridine rings is 1. The highest BCUT2D eigenvalue weighted by molar-refractivity contribution is 7.80. The first-order valence-corrected chi connectivity index (χ1v) is 6.72. The first kappa shape index (κ1) is 14.6. The Bertz CT molecular complexity index is 634. The number of benzene rings is 1. The number of nitrogens with zero attached hydrogens (tertiary/aromatic N) is 1. The number of methoxy groups -OCH3 is 1. The SMILES string of the molecule is COc1cccc(Cl)c1CNc1cccnc1C(N)=S. The standard InChI is InChI=1S/C14H14ClN3OS/c1-19-12-6-2-4-10(15)9(12)8-18-11-5-3-7-17-13(11)14(16)20/h2-7,18H,8H2,1H3,(H2,16,20). The fourth-order valence-electron chi connectivity index (χ4n) is 1.83. The predicted octanol–water partition coefficient (Wildman–Crippen LogP) is 2.99. The van der Waals surface area contributed by atoms with Crippen molar-refractivity contribution < 1.29 is 4.74 Å². The van der Waals surface area contributed by atoms with Crippen molar-refractivity contribution in [3.63, 3.8) is 0 Å². The third kappa shape index (κ3) is 3.18. The van der Waals surface area contributed by atoms with Gasteiger partial charge < -0.3 is 15.8 Å². The minimum absolute atomic E-state index is 0.249. The van der Waals surface area contributed by atoms with Crippen LogP contribution in [0.5, 0.6) is 5.75 Å². The first-order valence-electron chi connectivity index (χ1n) is 5.93. The molecule has 0 atom stereocenters. The van der Waals surface area contributed by atoms with Crippen molar-refractivity contribution in [1.82, 2.24) is 4.98 Å². The Labute approximate surface area is 127 Å². The monoisotopic (exact) mass is 307 g/mol. The van der Waals surface area contributed by atoms with Crippen LogP contribution in [-0.4, -0.2) is 17.1 Å². The van der Waals surface area contributed by atoms with E-state index in [0.29, 0.717) is 17.3 Å². The third-order valence-electron chi connectivity index (χ3n) is 2.79. The fraction of sp³-hybridized carbons (Fsp3) is 0.143. The van der Waals surface area contributed by atoms with Crippen LogP contribution in [0.2, 0.25) is 5.02 Å². The number of thiocarbonyl (C=S) groups is 1. The van der Waals surface area contributed by atoms with E-state index in [2.05, 4.69) is 10.3 Å². The zero-order valence-electron chi connectivity index (χ0n) is 10.9. The van der Waals surface area contributed by atoms with Crippen LogP contribution in [0.4, 0.5) is 5.69 Å². The number of nitrogens with two attached hydrogens (primary N) is 1. The van der Waals surface area contributed by atoms with Gasteiger partial charge in [0.1, 0.15) is 16.4 Å². The van der Waals surface area contributed by atoms with E-state index in [9.17, 15) is 0 Å². The van der Waals surface area contributed by atoms with Gasteiger partial charge in [0.05, 0.1) is 12.8 Å². The summed E-state index contributed by atoms with van der Waals surface area (Å²) in [6.07, 6.45) is 1.65. The number of anilines is 1. The first-order chi connectivity index (χ1) is 9.63. The molecule has 1 aromatic carbocycles. The topological polar surface area (TPSA) is 60.2 Å². The molecule has 6 heteroatoms. The van der Waals surface area contributed by atoms with Crippen LogP contribution in [0.25, 0.3) is 0 Å². The number of aromatic nitrogens is 1. The molecule has 4 nitrogen and oxygen atoms in total. The fourth-order valence-corrected chi connectivity index (χ4v) is 2.22. The highest BCUT2D eigenvalue weighted by Gasteiger charge is 2.10. The Balaban J connectivity index is 2.24. The summed E-state index contributed by atoms with van der Waals surface area (Å²) in [4.78, 5) is 4.41. The molecule has 0 spiro atoms. The van der Waals surface area contributed by atoms with Gasteiger partial charge in [0.15, 0.2) is 0 Å². The molecule has 0 amide bonds. The minimum atomic E-state index is 0.249. The number of hydrogen-bond donors (Lipinski definition) is 2. The number of rotatable bonds is 5. The van der Waals surface area contributed by atoms with Crippen molar-refractivity contribution in [2.45, 2.75) is 6.54 Å². The second-order valence-corrected chi connectivity index (χ2v) is 4.89. The van der Waals surface area contributed by atoms with Crippen molar-refractivity contribution in [2.24, 2.45) is 5.73 Å². The maximum absolute atomic E-state index is 6.19. The lowest BCUT2D eigenvalue weighted by molar-refractivity contribution is 0.410. The molecule has 1 heterocycles. The van der Waals surface area contributed by atoms with Crippen molar-refractivity contribution in [3.05, 3.63) is 52.8 Å². The van der Waals surface area contributed by atoms with Crippen LogP contribution in [0.15, 0.2) is 36.5 Å². The van der Waals surface area contributed by atoms with Crippen molar-refractivity contribution >= 4 is 34.5 Å². The summed E-state index contributed by atoms with van der Waals surface area (Å²) >= 11 is 11.2. The van der Waals surface area contributed by atoms with E-state index in [-0.39, 0.29) is 4.99 Å². The van der Waals surface area contributed by atoms with Crippen LogP contribution < -0.4 is 15.8 Å². The molecule has 2 rings (SSSR count). The van der Waals surface area contributed by atoms with Crippen LogP contribution in [0, 0.1) is 0 Å². The van der Waals surface area contributed by atoms with Crippen LogP contribution in [0.3, 0.4) is 0 Å². The molecule has 3 N–H and O–H groups in total. The summed E-state index contributed by atoms with van der Waals surface area (Å²) in [7, 11) is 1.61. The summed E-state index contributed by atoms with van der Waals surface area (Å²) in [6, 6.07) is 9.20. The summed E-state index contributed by atoms with van der Waals surface area (Å²) in [5.74, 6) is 0.728. The van der Waals surface area contributed by atoms with E-state index in [0.717, 1.165) is 17.0 Å². The Morgan fingerprint density at radius 2 is 2.20 bits per heavy atom. The average molecular weight is 308 g/mol. The van der Waals surface area contributed by atoms with Gasteiger partial charge in [-0.05, 0) is 24.3 Å². The van der Waals surface area contributed by atoms with Gasteiger partial charge in [-0.2, -0.15) is 0 Å². The van der Waals surface area contributed by atoms with Gasteiger partial charge in [0.2, 0.25) is 0 Å². The average Bonchev–Trinajstić information content (AvgIpc) is 2.46. The second-order valence-electron chi connectivity index (χ2n) is 4.04. The van der Waals surface area contributed by atoms with Gasteiger partial charge in [0, 0.05) is 23.3 Å². The molecule has 0 fully saturated rings.